The Balaban J connectivity index is 1.90. The highest BCUT2D eigenvalue weighted by Gasteiger charge is 2.15. The molecule has 0 amide bonds. The van der Waals surface area contributed by atoms with E-state index in [9.17, 15) is 0 Å². The van der Waals surface area contributed by atoms with Crippen molar-refractivity contribution in [1.29, 1.82) is 0 Å². The van der Waals surface area contributed by atoms with Crippen LogP contribution in [0.5, 0.6) is 11.5 Å². The second kappa shape index (κ2) is 7.33. The fraction of sp³-hybridized carbons (Fsp3) is 0.0909. The maximum atomic E-state index is 5.47. The van der Waals surface area contributed by atoms with Crippen LogP contribution in [0.25, 0.3) is 28.3 Å². The van der Waals surface area contributed by atoms with Gasteiger partial charge in [0.05, 0.1) is 25.6 Å². The lowest BCUT2D eigenvalue weighted by Gasteiger charge is -2.11. The molecule has 0 aliphatic heterocycles. The number of nitrogens with zero attached hydrogens (tertiary/aromatic N) is 3. The zero-order chi connectivity index (χ0) is 18.6. The van der Waals surface area contributed by atoms with Crippen molar-refractivity contribution in [2.45, 2.75) is 0 Å². The molecule has 5 nitrogen and oxygen atoms in total. The Hall–Kier alpha value is -3.60. The first-order chi connectivity index (χ1) is 13.3. The van der Waals surface area contributed by atoms with Gasteiger partial charge in [0.25, 0.3) is 0 Å². The Labute approximate surface area is 157 Å². The van der Waals surface area contributed by atoms with Crippen LogP contribution in [0.3, 0.4) is 0 Å². The van der Waals surface area contributed by atoms with Crippen LogP contribution in [0.4, 0.5) is 0 Å². The summed E-state index contributed by atoms with van der Waals surface area (Å²) in [6.07, 6.45) is 1.76. The van der Waals surface area contributed by atoms with E-state index < -0.39 is 0 Å². The molecule has 2 aromatic heterocycles. The summed E-state index contributed by atoms with van der Waals surface area (Å²) in [7, 11) is 3.26. The lowest BCUT2D eigenvalue weighted by atomic mass is 10.1. The molecule has 0 unspecified atom stereocenters. The molecule has 0 spiro atoms. The molecule has 0 bridgehead atoms. The Morgan fingerprint density at radius 3 is 2.22 bits per heavy atom. The monoisotopic (exact) mass is 357 g/mol. The van der Waals surface area contributed by atoms with Gasteiger partial charge >= 0.3 is 0 Å². The summed E-state index contributed by atoms with van der Waals surface area (Å²) >= 11 is 0. The number of aromatic nitrogens is 3. The number of rotatable bonds is 5. The minimum absolute atomic E-state index is 0.671. The second-order valence-electron chi connectivity index (χ2n) is 5.95. The van der Waals surface area contributed by atoms with Gasteiger partial charge < -0.3 is 9.47 Å². The van der Waals surface area contributed by atoms with Gasteiger partial charge in [-0.1, -0.05) is 36.4 Å². The summed E-state index contributed by atoms with van der Waals surface area (Å²) in [6.45, 7) is 0. The average molecular weight is 357 g/mol. The molecule has 134 valence electrons. The predicted molar refractivity (Wildman–Crippen MR) is 105 cm³/mol. The van der Waals surface area contributed by atoms with E-state index in [1.807, 2.05) is 71.4 Å². The maximum absolute atomic E-state index is 5.47. The molecule has 0 atom stereocenters. The molecule has 4 rings (SSSR count). The first-order valence-corrected chi connectivity index (χ1v) is 8.59. The normalized spacial score (nSPS) is 10.6. The topological polar surface area (TPSA) is 49.2 Å². The smallest absolute Gasteiger partial charge is 0.161 e. The Kier molecular flexibility index (Phi) is 4.58. The van der Waals surface area contributed by atoms with E-state index in [1.54, 1.807) is 20.4 Å². The summed E-state index contributed by atoms with van der Waals surface area (Å²) in [4.78, 5) is 4.46. The largest absolute Gasteiger partial charge is 0.493 e. The molecule has 0 saturated heterocycles. The van der Waals surface area contributed by atoms with Gasteiger partial charge in [0.1, 0.15) is 0 Å². The van der Waals surface area contributed by atoms with Crippen LogP contribution in [0.1, 0.15) is 0 Å². The number of hydrogen-bond acceptors (Lipinski definition) is 4. The highest BCUT2D eigenvalue weighted by Crippen LogP contribution is 2.34. The van der Waals surface area contributed by atoms with E-state index in [-0.39, 0.29) is 0 Å². The van der Waals surface area contributed by atoms with Gasteiger partial charge in [-0.05, 0) is 36.4 Å². The maximum Gasteiger partial charge on any atom is 0.161 e. The highest BCUT2D eigenvalue weighted by atomic mass is 16.5. The molecular weight excluding hydrogens is 338 g/mol. The van der Waals surface area contributed by atoms with Crippen LogP contribution in [0, 0.1) is 0 Å². The molecule has 4 aromatic rings. The van der Waals surface area contributed by atoms with Gasteiger partial charge in [0, 0.05) is 17.3 Å². The number of pyridine rings is 1. The Morgan fingerprint density at radius 2 is 1.52 bits per heavy atom. The standard InChI is InChI=1S/C22H19N3O2/c1-26-20-12-11-17(14-21(20)27-2)19-15-18(16-8-4-3-5-9-16)24-25(19)22-10-6-7-13-23-22/h3-15H,1-2H3. The van der Waals surface area contributed by atoms with Crippen LogP contribution < -0.4 is 9.47 Å². The van der Waals surface area contributed by atoms with Crippen LogP contribution in [-0.2, 0) is 0 Å². The molecule has 0 saturated carbocycles. The highest BCUT2D eigenvalue weighted by molar-refractivity contribution is 5.72. The van der Waals surface area contributed by atoms with Crippen molar-refractivity contribution in [1.82, 2.24) is 14.8 Å². The number of benzene rings is 2. The summed E-state index contributed by atoms with van der Waals surface area (Å²) in [6, 6.07) is 23.8. The minimum Gasteiger partial charge on any atom is -0.493 e. The Bertz CT molecular complexity index is 1040. The summed E-state index contributed by atoms with van der Waals surface area (Å²) < 4.78 is 12.7. The van der Waals surface area contributed by atoms with Gasteiger partial charge in [0.15, 0.2) is 17.3 Å². The zero-order valence-electron chi connectivity index (χ0n) is 15.2. The molecular formula is C22H19N3O2. The van der Waals surface area contributed by atoms with Crippen LogP contribution in [0.2, 0.25) is 0 Å². The first-order valence-electron chi connectivity index (χ1n) is 8.59. The van der Waals surface area contributed by atoms with Crippen molar-refractivity contribution in [3.05, 3.63) is 79.0 Å². The molecule has 0 N–H and O–H groups in total. The molecule has 5 heteroatoms. The van der Waals surface area contributed by atoms with Crippen molar-refractivity contribution < 1.29 is 9.47 Å². The van der Waals surface area contributed by atoms with Gasteiger partial charge in [0.2, 0.25) is 0 Å². The second-order valence-corrected chi connectivity index (χ2v) is 5.95. The van der Waals surface area contributed by atoms with Crippen LogP contribution in [-0.4, -0.2) is 29.0 Å². The zero-order valence-corrected chi connectivity index (χ0v) is 15.2. The molecule has 2 aromatic carbocycles. The lowest BCUT2D eigenvalue weighted by Crippen LogP contribution is -2.01. The van der Waals surface area contributed by atoms with Crippen molar-refractivity contribution in [3.63, 3.8) is 0 Å². The Morgan fingerprint density at radius 1 is 0.741 bits per heavy atom. The van der Waals surface area contributed by atoms with Crippen molar-refractivity contribution >= 4 is 0 Å². The molecule has 2 heterocycles. The SMILES string of the molecule is COc1ccc(-c2cc(-c3ccccc3)nn2-c2ccccn2)cc1OC. The first kappa shape index (κ1) is 16.8. The van der Waals surface area contributed by atoms with Crippen LogP contribution >= 0.6 is 0 Å². The quantitative estimate of drug-likeness (QED) is 0.523. The van der Waals surface area contributed by atoms with Crippen molar-refractivity contribution in [2.75, 3.05) is 14.2 Å². The average Bonchev–Trinajstić information content (AvgIpc) is 3.20. The minimum atomic E-state index is 0.671. The predicted octanol–water partition coefficient (Wildman–Crippen LogP) is 4.62. The van der Waals surface area contributed by atoms with E-state index in [4.69, 9.17) is 14.6 Å². The van der Waals surface area contributed by atoms with Gasteiger partial charge in [-0.15, -0.1) is 0 Å². The third kappa shape index (κ3) is 3.27. The molecule has 0 aliphatic carbocycles. The molecule has 27 heavy (non-hydrogen) atoms. The summed E-state index contributed by atoms with van der Waals surface area (Å²) in [5.41, 5.74) is 3.82. The summed E-state index contributed by atoms with van der Waals surface area (Å²) in [5.74, 6) is 2.11. The van der Waals surface area contributed by atoms with E-state index >= 15 is 0 Å². The third-order valence-corrected chi connectivity index (χ3v) is 4.32. The van der Waals surface area contributed by atoms with Crippen molar-refractivity contribution in [3.8, 4) is 39.8 Å². The number of methoxy groups -OCH3 is 2. The lowest BCUT2D eigenvalue weighted by molar-refractivity contribution is 0.355. The van der Waals surface area contributed by atoms with Gasteiger partial charge in [-0.25, -0.2) is 9.67 Å². The van der Waals surface area contributed by atoms with E-state index in [0.717, 1.165) is 28.3 Å². The van der Waals surface area contributed by atoms with Gasteiger partial charge in [-0.2, -0.15) is 5.10 Å². The fourth-order valence-electron chi connectivity index (χ4n) is 2.99. The van der Waals surface area contributed by atoms with E-state index in [2.05, 4.69) is 11.1 Å². The number of ether oxygens (including phenoxy) is 2. The number of hydrogen-bond donors (Lipinski definition) is 0. The molecule has 0 fully saturated rings. The fourth-order valence-corrected chi connectivity index (χ4v) is 2.99. The molecule has 0 radical (unpaired) electrons. The van der Waals surface area contributed by atoms with Crippen molar-refractivity contribution in [2.24, 2.45) is 0 Å². The third-order valence-electron chi connectivity index (χ3n) is 4.32. The van der Waals surface area contributed by atoms with E-state index in [0.29, 0.717) is 11.5 Å². The van der Waals surface area contributed by atoms with Gasteiger partial charge in [-0.3, -0.25) is 0 Å². The van der Waals surface area contributed by atoms with E-state index in [1.165, 1.54) is 0 Å². The summed E-state index contributed by atoms with van der Waals surface area (Å²) in [5, 5.41) is 4.81. The molecule has 0 aliphatic rings. The van der Waals surface area contributed by atoms with Crippen LogP contribution in [0.15, 0.2) is 79.0 Å².